The lowest BCUT2D eigenvalue weighted by Gasteiger charge is -2.19. The Morgan fingerprint density at radius 2 is 2.10 bits per heavy atom. The van der Waals surface area contributed by atoms with E-state index in [-0.39, 0.29) is 12.3 Å². The van der Waals surface area contributed by atoms with E-state index < -0.39 is 5.97 Å². The predicted molar refractivity (Wildman–Crippen MR) is 80.6 cm³/mol. The van der Waals surface area contributed by atoms with Gasteiger partial charge in [0.1, 0.15) is 5.71 Å². The molecule has 0 atom stereocenters. The summed E-state index contributed by atoms with van der Waals surface area (Å²) in [6, 6.07) is 9.73. The minimum atomic E-state index is -0.445. The number of ether oxygens (including phenoxy) is 1. The monoisotopic (exact) mass is 289 g/mol. The molecule has 0 aliphatic carbocycles. The summed E-state index contributed by atoms with van der Waals surface area (Å²) in [5.74, 6) is -0.445. The molecule has 7 heteroatoms. The van der Waals surface area contributed by atoms with Crippen molar-refractivity contribution in [2.24, 2.45) is 10.2 Å². The molecule has 7 nitrogen and oxygen atoms in total. The predicted octanol–water partition coefficient (Wildman–Crippen LogP) is 2.74. The largest absolute Gasteiger partial charge is 0.461 e. The molecule has 0 saturated carbocycles. The summed E-state index contributed by atoms with van der Waals surface area (Å²) < 4.78 is 4.90. The van der Waals surface area contributed by atoms with E-state index in [1.807, 2.05) is 30.3 Å². The molecule has 0 amide bonds. The molecule has 0 saturated heterocycles. The van der Waals surface area contributed by atoms with Crippen molar-refractivity contribution in [1.29, 1.82) is 0 Å². The Hall–Kier alpha value is -2.53. The van der Waals surface area contributed by atoms with E-state index in [0.717, 1.165) is 5.56 Å². The molecule has 21 heavy (non-hydrogen) atoms. The molecular weight excluding hydrogens is 270 g/mol. The van der Waals surface area contributed by atoms with Gasteiger partial charge in [-0.2, -0.15) is 5.10 Å². The van der Waals surface area contributed by atoms with Crippen LogP contribution in [0.3, 0.4) is 0 Å². The number of carbonyl (C=O) groups excluding carboxylic acids is 1. The van der Waals surface area contributed by atoms with E-state index >= 15 is 0 Å². The Kier molecular flexibility index (Phi) is 7.39. The molecule has 1 aromatic rings. The summed E-state index contributed by atoms with van der Waals surface area (Å²) in [6.07, 6.45) is 0. The summed E-state index contributed by atoms with van der Waals surface area (Å²) >= 11 is 0. The van der Waals surface area contributed by atoms with Crippen LogP contribution in [-0.2, 0) is 16.1 Å². The van der Waals surface area contributed by atoms with Gasteiger partial charge in [0.2, 0.25) is 0 Å². The SMILES string of the molecule is CCOC(=O)/C(C)=N/N(CCN=[N+]=[N-])Cc1ccccc1. The van der Waals surface area contributed by atoms with Gasteiger partial charge in [-0.3, -0.25) is 5.01 Å². The van der Waals surface area contributed by atoms with Gasteiger partial charge in [0, 0.05) is 18.0 Å². The van der Waals surface area contributed by atoms with Gasteiger partial charge in [0.15, 0.2) is 0 Å². The van der Waals surface area contributed by atoms with Crippen LogP contribution in [0.5, 0.6) is 0 Å². The maximum Gasteiger partial charge on any atom is 0.354 e. The lowest BCUT2D eigenvalue weighted by Crippen LogP contribution is -2.25. The molecule has 0 fully saturated rings. The number of hydrazone groups is 1. The molecular formula is C14H19N5O2. The van der Waals surface area contributed by atoms with Gasteiger partial charge in [0.25, 0.3) is 0 Å². The third-order valence-electron chi connectivity index (χ3n) is 2.59. The van der Waals surface area contributed by atoms with Crippen LogP contribution < -0.4 is 0 Å². The van der Waals surface area contributed by atoms with Crippen molar-refractivity contribution < 1.29 is 9.53 Å². The van der Waals surface area contributed by atoms with Crippen molar-refractivity contribution >= 4 is 11.7 Å². The molecule has 1 aromatic carbocycles. The van der Waals surface area contributed by atoms with Crippen LogP contribution in [0.1, 0.15) is 19.4 Å². The van der Waals surface area contributed by atoms with Gasteiger partial charge in [-0.1, -0.05) is 35.4 Å². The van der Waals surface area contributed by atoms with Gasteiger partial charge < -0.3 is 4.74 Å². The fraction of sp³-hybridized carbons (Fsp3) is 0.429. The topological polar surface area (TPSA) is 90.7 Å². The van der Waals surface area contributed by atoms with E-state index in [4.69, 9.17) is 10.3 Å². The maximum absolute atomic E-state index is 11.6. The first-order valence-corrected chi connectivity index (χ1v) is 6.69. The van der Waals surface area contributed by atoms with Gasteiger partial charge >= 0.3 is 5.97 Å². The molecule has 0 N–H and O–H groups in total. The highest BCUT2D eigenvalue weighted by Crippen LogP contribution is 2.05. The molecule has 0 aliphatic heterocycles. The van der Waals surface area contributed by atoms with Gasteiger partial charge in [-0.25, -0.2) is 4.79 Å². The molecule has 112 valence electrons. The molecule has 0 heterocycles. The number of azide groups is 1. The Bertz CT molecular complexity index is 523. The van der Waals surface area contributed by atoms with E-state index in [0.29, 0.717) is 19.7 Å². The Morgan fingerprint density at radius 1 is 1.38 bits per heavy atom. The van der Waals surface area contributed by atoms with Crippen molar-refractivity contribution in [2.45, 2.75) is 20.4 Å². The standard InChI is InChI=1S/C14H19N5O2/c1-3-21-14(20)12(2)17-19(10-9-16-18-15)11-13-7-5-4-6-8-13/h4-8H,3,9-11H2,1-2H3/b17-12+. The molecule has 0 radical (unpaired) electrons. The van der Waals surface area contributed by atoms with Crippen LogP contribution in [0.2, 0.25) is 0 Å². The van der Waals surface area contributed by atoms with Crippen molar-refractivity contribution in [3.05, 3.63) is 46.3 Å². The fourth-order valence-corrected chi connectivity index (χ4v) is 1.65. The highest BCUT2D eigenvalue weighted by atomic mass is 16.5. The van der Waals surface area contributed by atoms with E-state index in [1.54, 1.807) is 18.9 Å². The van der Waals surface area contributed by atoms with Crippen LogP contribution in [-0.4, -0.2) is 36.4 Å². The Balaban J connectivity index is 2.78. The summed E-state index contributed by atoms with van der Waals surface area (Å²) in [6.45, 7) is 4.89. The second-order valence-electron chi connectivity index (χ2n) is 4.23. The smallest absolute Gasteiger partial charge is 0.354 e. The second-order valence-corrected chi connectivity index (χ2v) is 4.23. The van der Waals surface area contributed by atoms with Crippen molar-refractivity contribution in [2.75, 3.05) is 19.7 Å². The molecule has 0 aromatic heterocycles. The quantitative estimate of drug-likeness (QED) is 0.184. The van der Waals surface area contributed by atoms with Crippen LogP contribution in [0, 0.1) is 0 Å². The highest BCUT2D eigenvalue weighted by Gasteiger charge is 2.10. The van der Waals surface area contributed by atoms with Crippen LogP contribution >= 0.6 is 0 Å². The average Bonchev–Trinajstić information content (AvgIpc) is 2.48. The Labute approximate surface area is 123 Å². The normalized spacial score (nSPS) is 10.7. The summed E-state index contributed by atoms with van der Waals surface area (Å²) in [5.41, 5.74) is 9.67. The summed E-state index contributed by atoms with van der Waals surface area (Å²) in [7, 11) is 0. The van der Waals surface area contributed by atoms with E-state index in [1.165, 1.54) is 0 Å². The number of rotatable bonds is 8. The molecule has 1 rings (SSSR count). The average molecular weight is 289 g/mol. The first-order chi connectivity index (χ1) is 10.2. The second kappa shape index (κ2) is 9.39. The highest BCUT2D eigenvalue weighted by molar-refractivity contribution is 6.35. The fourth-order valence-electron chi connectivity index (χ4n) is 1.65. The number of benzene rings is 1. The minimum absolute atomic E-state index is 0.272. The van der Waals surface area contributed by atoms with E-state index in [2.05, 4.69) is 15.1 Å². The third kappa shape index (κ3) is 6.44. The van der Waals surface area contributed by atoms with Crippen molar-refractivity contribution in [3.8, 4) is 0 Å². The maximum atomic E-state index is 11.6. The minimum Gasteiger partial charge on any atom is -0.461 e. The van der Waals surface area contributed by atoms with Crippen molar-refractivity contribution in [1.82, 2.24) is 5.01 Å². The zero-order valence-electron chi connectivity index (χ0n) is 12.3. The van der Waals surface area contributed by atoms with Crippen LogP contribution in [0.25, 0.3) is 10.4 Å². The van der Waals surface area contributed by atoms with Crippen LogP contribution in [0.15, 0.2) is 40.5 Å². The zero-order valence-corrected chi connectivity index (χ0v) is 12.3. The number of hydrogen-bond acceptors (Lipinski definition) is 5. The number of hydrogen-bond donors (Lipinski definition) is 0. The third-order valence-corrected chi connectivity index (χ3v) is 2.59. The number of carbonyl (C=O) groups is 1. The zero-order chi connectivity index (χ0) is 15.5. The molecule has 0 unspecified atom stereocenters. The summed E-state index contributed by atoms with van der Waals surface area (Å²) in [5, 5.41) is 9.44. The number of esters is 1. The van der Waals surface area contributed by atoms with Gasteiger partial charge in [0.05, 0.1) is 13.2 Å². The summed E-state index contributed by atoms with van der Waals surface area (Å²) in [4.78, 5) is 14.3. The van der Waals surface area contributed by atoms with E-state index in [9.17, 15) is 4.79 Å². The molecule has 0 aliphatic rings. The first kappa shape index (κ1) is 16.5. The van der Waals surface area contributed by atoms with Gasteiger partial charge in [-0.05, 0) is 24.9 Å². The number of nitrogens with zero attached hydrogens (tertiary/aromatic N) is 5. The lowest BCUT2D eigenvalue weighted by molar-refractivity contribution is -0.135. The van der Waals surface area contributed by atoms with Crippen LogP contribution in [0.4, 0.5) is 0 Å². The first-order valence-electron chi connectivity index (χ1n) is 6.69. The Morgan fingerprint density at radius 3 is 2.71 bits per heavy atom. The molecule has 0 bridgehead atoms. The van der Waals surface area contributed by atoms with Crippen molar-refractivity contribution in [3.63, 3.8) is 0 Å². The molecule has 0 spiro atoms. The lowest BCUT2D eigenvalue weighted by atomic mass is 10.2. The van der Waals surface area contributed by atoms with Gasteiger partial charge in [-0.15, -0.1) is 0 Å².